The number of nitrogens with one attached hydrogen (secondary N) is 2. The molecule has 0 aromatic heterocycles. The summed E-state index contributed by atoms with van der Waals surface area (Å²) in [5.74, 6) is 0.835. The van der Waals surface area contributed by atoms with Gasteiger partial charge in [0.15, 0.2) is 5.96 Å². The third kappa shape index (κ3) is 4.66. The molecule has 1 aliphatic rings. The van der Waals surface area contributed by atoms with Gasteiger partial charge in [-0.3, -0.25) is 4.99 Å². The molecule has 0 bridgehead atoms. The van der Waals surface area contributed by atoms with Crippen LogP contribution in [0.1, 0.15) is 19.8 Å². The Hall–Kier alpha value is -0.0400. The predicted molar refractivity (Wildman–Crippen MR) is 64.6 cm³/mol. The topological polar surface area (TPSA) is 56.6 Å². The van der Waals surface area contributed by atoms with Crippen LogP contribution >= 0.6 is 24.0 Å². The van der Waals surface area contributed by atoms with E-state index < -0.39 is 0 Å². The summed E-state index contributed by atoms with van der Waals surface area (Å²) in [5, 5.41) is 15.2. The molecule has 0 amide bonds. The Balaban J connectivity index is 0.00000144. The standard InChI is InChI=1S/C8H17N3O.HI/c1-2-7(6-12)11-8-9-4-3-5-10-8;/h7,12H,2-6H2,1H3,(H2,9,10,11);1H/t7-;/m1./s1. The van der Waals surface area contributed by atoms with Crippen LogP contribution in [0.15, 0.2) is 4.99 Å². The molecule has 0 aromatic carbocycles. The molecule has 1 aliphatic heterocycles. The summed E-state index contributed by atoms with van der Waals surface area (Å²) in [6.07, 6.45) is 2.01. The van der Waals surface area contributed by atoms with Gasteiger partial charge in [-0.05, 0) is 12.8 Å². The van der Waals surface area contributed by atoms with Crippen molar-refractivity contribution in [1.82, 2.24) is 10.6 Å². The monoisotopic (exact) mass is 299 g/mol. The van der Waals surface area contributed by atoms with Gasteiger partial charge in [0.25, 0.3) is 0 Å². The highest BCUT2D eigenvalue weighted by Crippen LogP contribution is 1.92. The van der Waals surface area contributed by atoms with Gasteiger partial charge in [-0.2, -0.15) is 0 Å². The molecule has 1 rings (SSSR count). The zero-order chi connectivity index (χ0) is 8.81. The number of nitrogens with zero attached hydrogens (tertiary/aromatic N) is 1. The van der Waals surface area contributed by atoms with Crippen LogP contribution < -0.4 is 10.6 Å². The van der Waals surface area contributed by atoms with Gasteiger partial charge in [0.05, 0.1) is 12.6 Å². The van der Waals surface area contributed by atoms with Crippen LogP contribution in [0.4, 0.5) is 0 Å². The van der Waals surface area contributed by atoms with E-state index in [0.717, 1.165) is 31.9 Å². The Morgan fingerprint density at radius 2 is 2.46 bits per heavy atom. The molecule has 0 unspecified atom stereocenters. The number of aliphatic hydroxyl groups excluding tert-OH is 1. The van der Waals surface area contributed by atoms with E-state index >= 15 is 0 Å². The van der Waals surface area contributed by atoms with Crippen molar-refractivity contribution in [3.8, 4) is 0 Å². The van der Waals surface area contributed by atoms with Gasteiger partial charge in [-0.25, -0.2) is 0 Å². The lowest BCUT2D eigenvalue weighted by atomic mass is 10.2. The lowest BCUT2D eigenvalue weighted by Gasteiger charge is -2.20. The molecule has 13 heavy (non-hydrogen) atoms. The molecule has 1 atom stereocenters. The molecule has 0 saturated carbocycles. The summed E-state index contributed by atoms with van der Waals surface area (Å²) in [5.41, 5.74) is 0. The third-order valence-corrected chi connectivity index (χ3v) is 1.95. The maximum atomic E-state index is 8.91. The van der Waals surface area contributed by atoms with Gasteiger partial charge in [0, 0.05) is 13.1 Å². The molecule has 0 aromatic rings. The van der Waals surface area contributed by atoms with E-state index in [2.05, 4.69) is 15.6 Å². The summed E-state index contributed by atoms with van der Waals surface area (Å²) in [6.45, 7) is 4.07. The zero-order valence-corrected chi connectivity index (χ0v) is 10.2. The minimum atomic E-state index is 0. The van der Waals surface area contributed by atoms with Crippen LogP contribution in [0.3, 0.4) is 0 Å². The molecule has 3 N–H and O–H groups in total. The van der Waals surface area contributed by atoms with Crippen molar-refractivity contribution in [2.24, 2.45) is 4.99 Å². The molecule has 0 spiro atoms. The fourth-order valence-electron chi connectivity index (χ4n) is 1.10. The Labute approximate surface area is 96.2 Å². The lowest BCUT2D eigenvalue weighted by molar-refractivity contribution is 0.251. The molecule has 5 heteroatoms. The summed E-state index contributed by atoms with van der Waals surface area (Å²) in [4.78, 5) is 4.25. The number of aliphatic hydroxyl groups is 1. The SMILES string of the molecule is CC[C@H](CO)NC1=NCCCN1.I. The average Bonchev–Trinajstić information content (AvgIpc) is 2.16. The predicted octanol–water partition coefficient (Wildman–Crippen LogP) is 0.314. The number of guanidine groups is 1. The maximum absolute atomic E-state index is 8.91. The summed E-state index contributed by atoms with van der Waals surface area (Å²) < 4.78 is 0. The fourth-order valence-corrected chi connectivity index (χ4v) is 1.10. The molecule has 0 aliphatic carbocycles. The third-order valence-electron chi connectivity index (χ3n) is 1.95. The Morgan fingerprint density at radius 1 is 1.69 bits per heavy atom. The average molecular weight is 299 g/mol. The second-order valence-corrected chi connectivity index (χ2v) is 2.94. The van der Waals surface area contributed by atoms with Crippen LogP contribution in [0.5, 0.6) is 0 Å². The van der Waals surface area contributed by atoms with Gasteiger partial charge < -0.3 is 15.7 Å². The largest absolute Gasteiger partial charge is 0.394 e. The minimum absolute atomic E-state index is 0. The molecule has 0 saturated heterocycles. The van der Waals surface area contributed by atoms with E-state index in [-0.39, 0.29) is 36.6 Å². The van der Waals surface area contributed by atoms with Gasteiger partial charge in [0.1, 0.15) is 0 Å². The van der Waals surface area contributed by atoms with Crippen LogP contribution in [-0.4, -0.2) is 36.8 Å². The van der Waals surface area contributed by atoms with Crippen molar-refractivity contribution in [1.29, 1.82) is 0 Å². The van der Waals surface area contributed by atoms with Gasteiger partial charge >= 0.3 is 0 Å². The molecule has 0 radical (unpaired) electrons. The van der Waals surface area contributed by atoms with Crippen LogP contribution in [0.25, 0.3) is 0 Å². The van der Waals surface area contributed by atoms with E-state index in [4.69, 9.17) is 5.11 Å². The van der Waals surface area contributed by atoms with E-state index in [1.165, 1.54) is 0 Å². The Bertz CT molecular complexity index is 159. The summed E-state index contributed by atoms with van der Waals surface area (Å²) in [7, 11) is 0. The lowest BCUT2D eigenvalue weighted by Crippen LogP contribution is -2.46. The minimum Gasteiger partial charge on any atom is -0.394 e. The summed E-state index contributed by atoms with van der Waals surface area (Å²) >= 11 is 0. The zero-order valence-electron chi connectivity index (χ0n) is 7.92. The Kier molecular flexibility index (Phi) is 7.35. The van der Waals surface area contributed by atoms with E-state index in [9.17, 15) is 0 Å². The van der Waals surface area contributed by atoms with E-state index in [1.54, 1.807) is 0 Å². The summed E-state index contributed by atoms with van der Waals surface area (Å²) in [6, 6.07) is 0.134. The number of hydrogen-bond donors (Lipinski definition) is 3. The van der Waals surface area contributed by atoms with Crippen molar-refractivity contribution >= 4 is 29.9 Å². The number of rotatable bonds is 3. The first-order chi connectivity index (χ1) is 5.86. The molecular weight excluding hydrogens is 281 g/mol. The first-order valence-corrected chi connectivity index (χ1v) is 4.52. The van der Waals surface area contributed by atoms with Crippen LogP contribution in [0, 0.1) is 0 Å². The van der Waals surface area contributed by atoms with Crippen molar-refractivity contribution in [3.05, 3.63) is 0 Å². The number of hydrogen-bond acceptors (Lipinski definition) is 4. The van der Waals surface area contributed by atoms with E-state index in [0.29, 0.717) is 0 Å². The number of halogens is 1. The first kappa shape index (κ1) is 13.0. The normalized spacial score (nSPS) is 17.8. The van der Waals surface area contributed by atoms with Gasteiger partial charge in [-0.15, -0.1) is 24.0 Å². The van der Waals surface area contributed by atoms with Crippen molar-refractivity contribution < 1.29 is 5.11 Å². The first-order valence-electron chi connectivity index (χ1n) is 4.52. The van der Waals surface area contributed by atoms with Crippen molar-refractivity contribution in [2.45, 2.75) is 25.8 Å². The highest BCUT2D eigenvalue weighted by molar-refractivity contribution is 14.0. The van der Waals surface area contributed by atoms with Crippen LogP contribution in [-0.2, 0) is 0 Å². The van der Waals surface area contributed by atoms with Crippen molar-refractivity contribution in [3.63, 3.8) is 0 Å². The molecule has 0 fully saturated rings. The highest BCUT2D eigenvalue weighted by Gasteiger charge is 2.08. The van der Waals surface area contributed by atoms with Crippen molar-refractivity contribution in [2.75, 3.05) is 19.7 Å². The van der Waals surface area contributed by atoms with Gasteiger partial charge in [-0.1, -0.05) is 6.92 Å². The molecule has 78 valence electrons. The van der Waals surface area contributed by atoms with Gasteiger partial charge in [0.2, 0.25) is 0 Å². The molecule has 4 nitrogen and oxygen atoms in total. The molecular formula is C8H18IN3O. The maximum Gasteiger partial charge on any atom is 0.191 e. The second-order valence-electron chi connectivity index (χ2n) is 2.94. The Morgan fingerprint density at radius 3 is 2.92 bits per heavy atom. The highest BCUT2D eigenvalue weighted by atomic mass is 127. The fraction of sp³-hybridized carbons (Fsp3) is 0.875. The smallest absolute Gasteiger partial charge is 0.191 e. The molecule has 1 heterocycles. The van der Waals surface area contributed by atoms with Crippen LogP contribution in [0.2, 0.25) is 0 Å². The second kappa shape index (κ2) is 7.37. The van der Waals surface area contributed by atoms with E-state index in [1.807, 2.05) is 6.92 Å². The quantitative estimate of drug-likeness (QED) is 0.658. The number of aliphatic imine (C=N–C) groups is 1.